The van der Waals surface area contributed by atoms with E-state index in [9.17, 15) is 9.59 Å². The number of carboxylic acids is 1. The molecule has 1 N–H and O–H groups in total. The molecular formula is C18H23N3O3. The van der Waals surface area contributed by atoms with Crippen molar-refractivity contribution in [2.45, 2.75) is 39.0 Å². The molecule has 1 aromatic carbocycles. The van der Waals surface area contributed by atoms with E-state index in [1.165, 1.54) is 18.9 Å². The molecule has 0 saturated heterocycles. The van der Waals surface area contributed by atoms with Crippen molar-refractivity contribution in [1.82, 2.24) is 0 Å². The van der Waals surface area contributed by atoms with Gasteiger partial charge in [-0.2, -0.15) is 0 Å². The summed E-state index contributed by atoms with van der Waals surface area (Å²) in [6.07, 6.45) is 5.43. The monoisotopic (exact) mass is 329 g/mol. The van der Waals surface area contributed by atoms with Gasteiger partial charge >= 0.3 is 5.97 Å². The molecule has 1 unspecified atom stereocenters. The molecule has 0 aliphatic carbocycles. The number of anilines is 2. The van der Waals surface area contributed by atoms with Gasteiger partial charge in [0, 0.05) is 7.05 Å². The van der Waals surface area contributed by atoms with Gasteiger partial charge in [0.25, 0.3) is 0 Å². The lowest BCUT2D eigenvalue weighted by atomic mass is 9.98. The van der Waals surface area contributed by atoms with E-state index in [4.69, 9.17) is 5.11 Å². The Kier molecular flexibility index (Phi) is 4.55. The van der Waals surface area contributed by atoms with Crippen LogP contribution in [0.15, 0.2) is 23.2 Å². The first-order valence-corrected chi connectivity index (χ1v) is 8.54. The van der Waals surface area contributed by atoms with E-state index in [0.717, 1.165) is 24.9 Å². The Morgan fingerprint density at radius 2 is 2.08 bits per heavy atom. The van der Waals surface area contributed by atoms with E-state index in [1.54, 1.807) is 21.9 Å². The fourth-order valence-corrected chi connectivity index (χ4v) is 3.36. The molecular weight excluding hydrogens is 306 g/mol. The molecule has 0 bridgehead atoms. The molecule has 0 aromatic heterocycles. The van der Waals surface area contributed by atoms with Gasteiger partial charge < -0.3 is 10.0 Å². The van der Waals surface area contributed by atoms with Crippen LogP contribution in [0.4, 0.5) is 11.4 Å². The van der Waals surface area contributed by atoms with Crippen molar-refractivity contribution in [3.63, 3.8) is 0 Å². The number of guanidine groups is 1. The lowest BCUT2D eigenvalue weighted by Crippen LogP contribution is -2.48. The first-order valence-electron chi connectivity index (χ1n) is 8.54. The summed E-state index contributed by atoms with van der Waals surface area (Å²) in [6.45, 7) is 2.69. The average molecular weight is 329 g/mol. The zero-order valence-electron chi connectivity index (χ0n) is 14.2. The van der Waals surface area contributed by atoms with Crippen LogP contribution in [-0.4, -0.2) is 36.5 Å². The average Bonchev–Trinajstić information content (AvgIpc) is 2.86. The molecule has 3 rings (SSSR count). The van der Waals surface area contributed by atoms with Crippen LogP contribution >= 0.6 is 0 Å². The summed E-state index contributed by atoms with van der Waals surface area (Å²) in [4.78, 5) is 32.1. The highest BCUT2D eigenvalue weighted by molar-refractivity contribution is 6.29. The molecule has 6 heteroatoms. The predicted molar refractivity (Wildman–Crippen MR) is 93.8 cm³/mol. The molecule has 1 amide bonds. The van der Waals surface area contributed by atoms with Crippen LogP contribution in [0.25, 0.3) is 0 Å². The number of benzene rings is 1. The first-order chi connectivity index (χ1) is 11.5. The van der Waals surface area contributed by atoms with E-state index in [-0.39, 0.29) is 17.4 Å². The van der Waals surface area contributed by atoms with Gasteiger partial charge in [-0.15, -0.1) is 0 Å². The van der Waals surface area contributed by atoms with E-state index < -0.39 is 5.97 Å². The zero-order valence-corrected chi connectivity index (χ0v) is 14.2. The number of aliphatic imine (C=N–C) groups is 1. The molecule has 0 spiro atoms. The minimum atomic E-state index is -0.974. The van der Waals surface area contributed by atoms with Crippen LogP contribution in [0.1, 0.15) is 49.4 Å². The van der Waals surface area contributed by atoms with Crippen molar-refractivity contribution in [1.29, 1.82) is 0 Å². The molecule has 0 radical (unpaired) electrons. The summed E-state index contributed by atoms with van der Waals surface area (Å²) in [5.41, 5.74) is 1.66. The minimum absolute atomic E-state index is 0.0742. The van der Waals surface area contributed by atoms with Gasteiger partial charge in [0.05, 0.1) is 29.4 Å². The maximum atomic E-state index is 12.9. The highest BCUT2D eigenvalue weighted by atomic mass is 16.4. The van der Waals surface area contributed by atoms with Crippen molar-refractivity contribution in [2.75, 3.05) is 23.4 Å². The standard InChI is InChI=1S/C18H23N3O3/c1-3-4-5-6-7-13-11-19-18-20(2)15-10-12(17(23)24)8-9-14(15)21(18)16(13)22/h8-10,13H,3-7,11H2,1-2H3,(H,23,24). The van der Waals surface area contributed by atoms with E-state index >= 15 is 0 Å². The van der Waals surface area contributed by atoms with Crippen LogP contribution in [0.2, 0.25) is 0 Å². The number of amides is 1. The Hall–Kier alpha value is -2.37. The van der Waals surface area contributed by atoms with Gasteiger partial charge in [-0.3, -0.25) is 9.79 Å². The van der Waals surface area contributed by atoms with Crippen LogP contribution in [0, 0.1) is 5.92 Å². The van der Waals surface area contributed by atoms with Crippen LogP contribution < -0.4 is 9.80 Å². The highest BCUT2D eigenvalue weighted by Crippen LogP contribution is 2.40. The second-order valence-corrected chi connectivity index (χ2v) is 6.43. The molecule has 2 aliphatic heterocycles. The smallest absolute Gasteiger partial charge is 0.335 e. The SMILES string of the molecule is CCCCCCC1CN=C2N(C)c3cc(C(=O)O)ccc3N2C1=O. The fraction of sp³-hybridized carbons (Fsp3) is 0.500. The van der Waals surface area contributed by atoms with Gasteiger partial charge in [0.15, 0.2) is 0 Å². The van der Waals surface area contributed by atoms with Gasteiger partial charge in [-0.05, 0) is 24.6 Å². The highest BCUT2D eigenvalue weighted by Gasteiger charge is 2.41. The molecule has 1 aromatic rings. The first kappa shape index (κ1) is 16.5. The van der Waals surface area contributed by atoms with Gasteiger partial charge in [0.1, 0.15) is 0 Å². The second-order valence-electron chi connectivity index (χ2n) is 6.43. The Bertz CT molecular complexity index is 699. The largest absolute Gasteiger partial charge is 0.478 e. The number of rotatable bonds is 6. The van der Waals surface area contributed by atoms with Crippen molar-refractivity contribution in [3.8, 4) is 0 Å². The van der Waals surface area contributed by atoms with Gasteiger partial charge in [-0.1, -0.05) is 32.6 Å². The number of aromatic carboxylic acids is 1. The fourth-order valence-electron chi connectivity index (χ4n) is 3.36. The predicted octanol–water partition coefficient (Wildman–Crippen LogP) is 3.12. The number of carboxylic acid groups (broad SMARTS) is 1. The van der Waals surface area contributed by atoms with Crippen molar-refractivity contribution in [3.05, 3.63) is 23.8 Å². The lowest BCUT2D eigenvalue weighted by molar-refractivity contribution is -0.121. The maximum absolute atomic E-state index is 12.9. The molecule has 0 fully saturated rings. The van der Waals surface area contributed by atoms with E-state index in [0.29, 0.717) is 18.2 Å². The van der Waals surface area contributed by atoms with Crippen molar-refractivity contribution in [2.24, 2.45) is 10.9 Å². The third-order valence-corrected chi connectivity index (χ3v) is 4.75. The number of nitrogens with zero attached hydrogens (tertiary/aromatic N) is 3. The molecule has 0 saturated carbocycles. The van der Waals surface area contributed by atoms with E-state index in [1.807, 2.05) is 7.05 Å². The van der Waals surface area contributed by atoms with E-state index in [2.05, 4.69) is 11.9 Å². The third kappa shape index (κ3) is 2.77. The topological polar surface area (TPSA) is 73.2 Å². The Morgan fingerprint density at radius 3 is 2.79 bits per heavy atom. The number of hydrogen-bond donors (Lipinski definition) is 1. The number of unbranched alkanes of at least 4 members (excludes halogenated alkanes) is 3. The van der Waals surface area contributed by atoms with Crippen LogP contribution in [0.5, 0.6) is 0 Å². The summed E-state index contributed by atoms with van der Waals surface area (Å²) in [5, 5.41) is 9.17. The number of hydrogen-bond acceptors (Lipinski definition) is 4. The summed E-state index contributed by atoms with van der Waals surface area (Å²) in [5.74, 6) is -0.380. The molecule has 128 valence electrons. The van der Waals surface area contributed by atoms with Crippen LogP contribution in [0.3, 0.4) is 0 Å². The Balaban J connectivity index is 1.83. The quantitative estimate of drug-likeness (QED) is 0.814. The maximum Gasteiger partial charge on any atom is 0.335 e. The Labute approximate surface area is 141 Å². The summed E-state index contributed by atoms with van der Waals surface area (Å²) in [7, 11) is 1.82. The summed E-state index contributed by atoms with van der Waals surface area (Å²) >= 11 is 0. The number of fused-ring (bicyclic) bond motifs is 3. The number of carbonyl (C=O) groups excluding carboxylic acids is 1. The van der Waals surface area contributed by atoms with Gasteiger partial charge in [-0.25, -0.2) is 9.69 Å². The molecule has 24 heavy (non-hydrogen) atoms. The summed E-state index contributed by atoms with van der Waals surface area (Å²) < 4.78 is 0. The lowest BCUT2D eigenvalue weighted by Gasteiger charge is -2.28. The molecule has 6 nitrogen and oxygen atoms in total. The molecule has 1 atom stereocenters. The second kappa shape index (κ2) is 6.63. The number of carbonyl (C=O) groups is 2. The zero-order chi connectivity index (χ0) is 17.3. The third-order valence-electron chi connectivity index (χ3n) is 4.75. The van der Waals surface area contributed by atoms with Crippen LogP contribution in [-0.2, 0) is 4.79 Å². The normalized spacial score (nSPS) is 19.2. The summed E-state index contributed by atoms with van der Waals surface area (Å²) in [6, 6.07) is 4.84. The Morgan fingerprint density at radius 1 is 1.29 bits per heavy atom. The minimum Gasteiger partial charge on any atom is -0.478 e. The van der Waals surface area contributed by atoms with Crippen molar-refractivity contribution < 1.29 is 14.7 Å². The van der Waals surface area contributed by atoms with Gasteiger partial charge in [0.2, 0.25) is 11.9 Å². The molecule has 2 heterocycles. The molecule has 2 aliphatic rings. The van der Waals surface area contributed by atoms with Crippen molar-refractivity contribution >= 4 is 29.2 Å².